The number of amides is 1. The molecule has 0 radical (unpaired) electrons. The van der Waals surface area contributed by atoms with Crippen LogP contribution in [0.1, 0.15) is 37.5 Å². The Morgan fingerprint density at radius 1 is 1.03 bits per heavy atom. The summed E-state index contributed by atoms with van der Waals surface area (Å²) in [4.78, 5) is 39.3. The number of hydrogen-bond acceptors (Lipinski definition) is 4. The Balaban J connectivity index is 1.52. The fourth-order valence-corrected chi connectivity index (χ4v) is 3.12. The van der Waals surface area contributed by atoms with Crippen LogP contribution in [0, 0.1) is 6.92 Å². The highest BCUT2D eigenvalue weighted by Gasteiger charge is 2.24. The second-order valence-electron chi connectivity index (χ2n) is 6.86. The van der Waals surface area contributed by atoms with Crippen LogP contribution in [-0.2, 0) is 4.79 Å². The number of carboxylic acid groups (broad SMARTS) is 1. The molecular formula is C23H17N3O4. The van der Waals surface area contributed by atoms with Crippen molar-refractivity contribution in [2.75, 3.05) is 5.01 Å². The van der Waals surface area contributed by atoms with Gasteiger partial charge in [-0.2, -0.15) is 10.1 Å². The van der Waals surface area contributed by atoms with E-state index in [0.29, 0.717) is 28.1 Å². The standard InChI is InChI=1S/C23H17N3O4/c1-14-3-2-4-16(9-14)21(27)17-10-19(24-12-17)11-18-13-25-26(22(18)28)20-7-5-15(6-8-20)23(29)30/h2-13,24H,1H3,(H,29,30)/b18-11-. The minimum atomic E-state index is -1.04. The van der Waals surface area contributed by atoms with Crippen LogP contribution in [-0.4, -0.2) is 34.0 Å². The Labute approximate surface area is 172 Å². The Kier molecular flexibility index (Phi) is 4.85. The Bertz CT molecular complexity index is 1220. The van der Waals surface area contributed by atoms with Crippen molar-refractivity contribution >= 4 is 35.6 Å². The number of anilines is 1. The van der Waals surface area contributed by atoms with E-state index in [2.05, 4.69) is 10.1 Å². The van der Waals surface area contributed by atoms with Gasteiger partial charge in [0.2, 0.25) is 0 Å². The second kappa shape index (κ2) is 7.63. The summed E-state index contributed by atoms with van der Waals surface area (Å²) < 4.78 is 0. The smallest absolute Gasteiger partial charge is 0.335 e. The molecule has 0 saturated carbocycles. The summed E-state index contributed by atoms with van der Waals surface area (Å²) in [5.41, 5.74) is 3.63. The van der Waals surface area contributed by atoms with Crippen LogP contribution in [0.5, 0.6) is 0 Å². The van der Waals surface area contributed by atoms with Gasteiger partial charge < -0.3 is 10.1 Å². The molecule has 1 amide bonds. The van der Waals surface area contributed by atoms with Crippen molar-refractivity contribution in [3.63, 3.8) is 0 Å². The van der Waals surface area contributed by atoms with Crippen molar-refractivity contribution < 1.29 is 19.5 Å². The van der Waals surface area contributed by atoms with E-state index in [1.807, 2.05) is 25.1 Å². The molecule has 1 aliphatic heterocycles. The predicted octanol–water partition coefficient (Wildman–Crippen LogP) is 3.67. The fraction of sp³-hybridized carbons (Fsp3) is 0.0435. The number of carbonyl (C=O) groups is 3. The van der Waals surface area contributed by atoms with E-state index in [9.17, 15) is 14.4 Å². The number of ketones is 1. The van der Waals surface area contributed by atoms with Gasteiger partial charge in [-0.05, 0) is 49.4 Å². The zero-order valence-electron chi connectivity index (χ0n) is 16.0. The van der Waals surface area contributed by atoms with Gasteiger partial charge in [-0.3, -0.25) is 9.59 Å². The van der Waals surface area contributed by atoms with Crippen LogP contribution in [0.3, 0.4) is 0 Å². The zero-order chi connectivity index (χ0) is 21.3. The molecule has 0 aliphatic carbocycles. The summed E-state index contributed by atoms with van der Waals surface area (Å²) in [6.07, 6.45) is 4.65. The van der Waals surface area contributed by atoms with Gasteiger partial charge in [0.15, 0.2) is 5.78 Å². The third-order valence-electron chi connectivity index (χ3n) is 4.67. The van der Waals surface area contributed by atoms with Gasteiger partial charge in [0.25, 0.3) is 5.91 Å². The number of carboxylic acids is 1. The first-order chi connectivity index (χ1) is 14.4. The first-order valence-electron chi connectivity index (χ1n) is 9.15. The third-order valence-corrected chi connectivity index (χ3v) is 4.67. The van der Waals surface area contributed by atoms with E-state index < -0.39 is 5.97 Å². The first-order valence-corrected chi connectivity index (χ1v) is 9.15. The lowest BCUT2D eigenvalue weighted by Crippen LogP contribution is -2.21. The molecule has 7 nitrogen and oxygen atoms in total. The zero-order valence-corrected chi connectivity index (χ0v) is 16.0. The first kappa shape index (κ1) is 19.1. The number of hydrazone groups is 1. The number of aryl methyl sites for hydroxylation is 1. The maximum Gasteiger partial charge on any atom is 0.335 e. The van der Waals surface area contributed by atoms with Crippen LogP contribution in [0.2, 0.25) is 0 Å². The van der Waals surface area contributed by atoms with Crippen LogP contribution in [0.4, 0.5) is 5.69 Å². The number of aromatic nitrogens is 1. The molecule has 2 aromatic carbocycles. The molecule has 4 rings (SSSR count). The molecule has 0 bridgehead atoms. The highest BCUT2D eigenvalue weighted by molar-refractivity contribution is 6.25. The number of benzene rings is 2. The molecular weight excluding hydrogens is 382 g/mol. The summed E-state index contributed by atoms with van der Waals surface area (Å²) in [6.45, 7) is 1.93. The molecule has 0 spiro atoms. The highest BCUT2D eigenvalue weighted by atomic mass is 16.4. The van der Waals surface area contributed by atoms with Gasteiger partial charge in [-0.15, -0.1) is 0 Å². The van der Waals surface area contributed by atoms with Gasteiger partial charge in [0, 0.05) is 23.0 Å². The predicted molar refractivity (Wildman–Crippen MR) is 113 cm³/mol. The molecule has 0 saturated heterocycles. The largest absolute Gasteiger partial charge is 0.478 e. The van der Waals surface area contributed by atoms with E-state index in [0.717, 1.165) is 5.56 Å². The molecule has 148 valence electrons. The molecule has 2 heterocycles. The number of H-pyrrole nitrogens is 1. The summed E-state index contributed by atoms with van der Waals surface area (Å²) in [5, 5.41) is 14.3. The second-order valence-corrected chi connectivity index (χ2v) is 6.86. The van der Waals surface area contributed by atoms with Gasteiger partial charge >= 0.3 is 5.97 Å². The molecule has 0 atom stereocenters. The van der Waals surface area contributed by atoms with Gasteiger partial charge in [0.05, 0.1) is 23.0 Å². The Morgan fingerprint density at radius 2 is 1.80 bits per heavy atom. The van der Waals surface area contributed by atoms with Crippen LogP contribution >= 0.6 is 0 Å². The van der Waals surface area contributed by atoms with E-state index in [1.165, 1.54) is 35.5 Å². The van der Waals surface area contributed by atoms with Crippen LogP contribution in [0.25, 0.3) is 6.08 Å². The quantitative estimate of drug-likeness (QED) is 0.505. The summed E-state index contributed by atoms with van der Waals surface area (Å²) in [5.74, 6) is -1.49. The van der Waals surface area contributed by atoms with Crippen molar-refractivity contribution in [2.24, 2.45) is 5.10 Å². The Morgan fingerprint density at radius 3 is 2.50 bits per heavy atom. The third kappa shape index (κ3) is 3.68. The normalized spacial score (nSPS) is 14.5. The molecule has 1 aliphatic rings. The van der Waals surface area contributed by atoms with E-state index >= 15 is 0 Å². The van der Waals surface area contributed by atoms with E-state index in [-0.39, 0.29) is 17.3 Å². The molecule has 0 fully saturated rings. The van der Waals surface area contributed by atoms with Crippen LogP contribution < -0.4 is 5.01 Å². The lowest BCUT2D eigenvalue weighted by molar-refractivity contribution is -0.114. The lowest BCUT2D eigenvalue weighted by Gasteiger charge is -2.11. The summed E-state index contributed by atoms with van der Waals surface area (Å²) in [7, 11) is 0. The number of aromatic carboxylic acids is 1. The van der Waals surface area contributed by atoms with Crippen molar-refractivity contribution in [3.05, 3.63) is 94.3 Å². The van der Waals surface area contributed by atoms with Crippen molar-refractivity contribution in [1.29, 1.82) is 0 Å². The minimum Gasteiger partial charge on any atom is -0.478 e. The molecule has 3 aromatic rings. The number of rotatable bonds is 5. The average molecular weight is 399 g/mol. The lowest BCUT2D eigenvalue weighted by atomic mass is 10.0. The monoisotopic (exact) mass is 399 g/mol. The number of hydrogen-bond donors (Lipinski definition) is 2. The van der Waals surface area contributed by atoms with Gasteiger partial charge in [0.1, 0.15) is 0 Å². The van der Waals surface area contributed by atoms with E-state index in [4.69, 9.17) is 5.11 Å². The topological polar surface area (TPSA) is 103 Å². The van der Waals surface area contributed by atoms with Crippen molar-refractivity contribution in [2.45, 2.75) is 6.92 Å². The average Bonchev–Trinajstić information content (AvgIpc) is 3.35. The number of nitrogens with one attached hydrogen (secondary N) is 1. The molecule has 1 aromatic heterocycles. The summed E-state index contributed by atoms with van der Waals surface area (Å²) >= 11 is 0. The maximum atomic E-state index is 12.7. The minimum absolute atomic E-state index is 0.105. The van der Waals surface area contributed by atoms with Crippen molar-refractivity contribution in [1.82, 2.24) is 4.98 Å². The summed E-state index contributed by atoms with van der Waals surface area (Å²) in [6, 6.07) is 14.9. The molecule has 0 unspecified atom stereocenters. The fourth-order valence-electron chi connectivity index (χ4n) is 3.12. The molecule has 7 heteroatoms. The number of carbonyl (C=O) groups excluding carboxylic acids is 2. The van der Waals surface area contributed by atoms with Crippen LogP contribution in [0.15, 0.2) is 71.5 Å². The Hall–Kier alpha value is -4.26. The van der Waals surface area contributed by atoms with Crippen molar-refractivity contribution in [3.8, 4) is 0 Å². The number of nitrogens with zero attached hydrogens (tertiary/aromatic N) is 2. The number of aromatic amines is 1. The van der Waals surface area contributed by atoms with Gasteiger partial charge in [-0.25, -0.2) is 4.79 Å². The van der Waals surface area contributed by atoms with Gasteiger partial charge in [-0.1, -0.05) is 23.8 Å². The SMILES string of the molecule is Cc1cccc(C(=O)c2c[nH]c(/C=C3/C=NN(c4ccc(C(=O)O)cc4)C3=O)c2)c1. The maximum absolute atomic E-state index is 12.7. The molecule has 30 heavy (non-hydrogen) atoms. The van der Waals surface area contributed by atoms with E-state index in [1.54, 1.807) is 24.4 Å². The molecule has 2 N–H and O–H groups in total. The highest BCUT2D eigenvalue weighted by Crippen LogP contribution is 2.23.